The number of urea groups is 1. The van der Waals surface area contributed by atoms with Crippen LogP contribution in [0.4, 0.5) is 4.79 Å². The van der Waals surface area contributed by atoms with E-state index in [1.807, 2.05) is 38.1 Å². The van der Waals surface area contributed by atoms with Crippen molar-refractivity contribution in [2.24, 2.45) is 11.7 Å². The van der Waals surface area contributed by atoms with Gasteiger partial charge in [0.15, 0.2) is 0 Å². The van der Waals surface area contributed by atoms with Crippen molar-refractivity contribution in [3.8, 4) is 11.5 Å². The van der Waals surface area contributed by atoms with Crippen LogP contribution >= 0.6 is 27.7 Å². The normalized spacial score (nSPS) is 12.2. The van der Waals surface area contributed by atoms with Gasteiger partial charge in [0.2, 0.25) is 11.8 Å². The fraction of sp³-hybridized carbons (Fsp3) is 0.286. The van der Waals surface area contributed by atoms with Gasteiger partial charge in [-0.15, -0.1) is 10.2 Å². The van der Waals surface area contributed by atoms with Gasteiger partial charge in [-0.1, -0.05) is 47.6 Å². The number of imide groups is 1. The molecule has 3 amide bonds. The Morgan fingerprint density at radius 3 is 2.70 bits per heavy atom. The molecular weight excluding hydrogens is 384 g/mol. The third-order valence-electron chi connectivity index (χ3n) is 2.82. The molecular formula is C14H15BrN4O3S. The summed E-state index contributed by atoms with van der Waals surface area (Å²) in [5, 5.41) is 9.67. The van der Waals surface area contributed by atoms with Gasteiger partial charge in [-0.3, -0.25) is 10.1 Å². The minimum Gasteiger partial charge on any atom is -0.411 e. The molecule has 1 unspecified atom stereocenters. The van der Waals surface area contributed by atoms with Gasteiger partial charge in [-0.05, 0) is 24.1 Å². The monoisotopic (exact) mass is 398 g/mol. The number of nitrogens with two attached hydrogens (primary N) is 1. The van der Waals surface area contributed by atoms with Gasteiger partial charge >= 0.3 is 6.03 Å². The second-order valence-electron chi connectivity index (χ2n) is 5.02. The molecule has 0 saturated carbocycles. The maximum atomic E-state index is 12.0. The van der Waals surface area contributed by atoms with E-state index >= 15 is 0 Å². The summed E-state index contributed by atoms with van der Waals surface area (Å²) in [6.45, 7) is 3.70. The largest absolute Gasteiger partial charge is 0.411 e. The summed E-state index contributed by atoms with van der Waals surface area (Å²) < 4.78 is 6.48. The van der Waals surface area contributed by atoms with E-state index in [0.717, 1.165) is 21.8 Å². The highest BCUT2D eigenvalue weighted by Gasteiger charge is 2.27. The number of nitrogens with one attached hydrogen (secondary N) is 1. The fourth-order valence-electron chi connectivity index (χ4n) is 1.79. The van der Waals surface area contributed by atoms with E-state index in [0.29, 0.717) is 5.89 Å². The molecule has 0 saturated heterocycles. The first kappa shape index (κ1) is 17.5. The third kappa shape index (κ3) is 4.80. The summed E-state index contributed by atoms with van der Waals surface area (Å²) in [6, 6.07) is 6.54. The van der Waals surface area contributed by atoms with Gasteiger partial charge in [0.05, 0.1) is 5.25 Å². The predicted octanol–water partition coefficient (Wildman–Crippen LogP) is 2.81. The fourth-order valence-corrected chi connectivity index (χ4v) is 3.06. The van der Waals surface area contributed by atoms with Crippen LogP contribution in [0.3, 0.4) is 0 Å². The molecule has 1 heterocycles. The summed E-state index contributed by atoms with van der Waals surface area (Å²) in [5.41, 5.74) is 5.75. The van der Waals surface area contributed by atoms with Crippen molar-refractivity contribution in [2.45, 2.75) is 24.3 Å². The lowest BCUT2D eigenvalue weighted by Gasteiger charge is -2.16. The number of primary amides is 1. The Hall–Kier alpha value is -1.87. The zero-order valence-electron chi connectivity index (χ0n) is 12.4. The van der Waals surface area contributed by atoms with Crippen LogP contribution in [0.15, 0.2) is 38.4 Å². The summed E-state index contributed by atoms with van der Waals surface area (Å²) >= 11 is 4.47. The number of halogens is 1. The lowest BCUT2D eigenvalue weighted by Crippen LogP contribution is -2.42. The van der Waals surface area contributed by atoms with E-state index < -0.39 is 17.2 Å². The number of amides is 3. The maximum Gasteiger partial charge on any atom is 0.318 e. The second kappa shape index (κ2) is 7.60. The van der Waals surface area contributed by atoms with Crippen LogP contribution in [-0.4, -0.2) is 27.4 Å². The lowest BCUT2D eigenvalue weighted by molar-refractivity contribution is -0.120. The second-order valence-corrected chi connectivity index (χ2v) is 7.03. The van der Waals surface area contributed by atoms with Gasteiger partial charge in [0.1, 0.15) is 0 Å². The van der Waals surface area contributed by atoms with Crippen LogP contribution in [0.2, 0.25) is 0 Å². The average molecular weight is 399 g/mol. The highest BCUT2D eigenvalue weighted by molar-refractivity contribution is 9.10. The van der Waals surface area contributed by atoms with Crippen LogP contribution in [-0.2, 0) is 4.79 Å². The van der Waals surface area contributed by atoms with E-state index in [9.17, 15) is 9.59 Å². The summed E-state index contributed by atoms with van der Waals surface area (Å²) in [5.74, 6) is -0.188. The molecule has 0 aliphatic heterocycles. The van der Waals surface area contributed by atoms with E-state index in [-0.39, 0.29) is 11.1 Å². The van der Waals surface area contributed by atoms with Crippen molar-refractivity contribution >= 4 is 39.6 Å². The summed E-state index contributed by atoms with van der Waals surface area (Å²) in [6.07, 6.45) is 0. The first-order valence-electron chi connectivity index (χ1n) is 6.73. The van der Waals surface area contributed by atoms with Crippen LogP contribution in [0.5, 0.6) is 0 Å². The number of rotatable bonds is 5. The smallest absolute Gasteiger partial charge is 0.318 e. The molecule has 0 bridgehead atoms. The highest BCUT2D eigenvalue weighted by Crippen LogP contribution is 2.30. The standard InChI is InChI=1S/C14H15BrN4O3S/c1-7(2)10(11(20)17-13(16)21)23-14-19-18-12(22-14)8-4-3-5-9(15)6-8/h3-7,10H,1-2H3,(H3,16,17,20,21). The predicted molar refractivity (Wildman–Crippen MR) is 89.6 cm³/mol. The third-order valence-corrected chi connectivity index (χ3v) is 4.69. The van der Waals surface area contributed by atoms with Gasteiger partial charge < -0.3 is 10.2 Å². The number of thioether (sulfide) groups is 1. The van der Waals surface area contributed by atoms with Crippen molar-refractivity contribution < 1.29 is 14.0 Å². The number of nitrogens with zero attached hydrogens (tertiary/aromatic N) is 2. The van der Waals surface area contributed by atoms with E-state index in [1.54, 1.807) is 0 Å². The Morgan fingerprint density at radius 2 is 2.09 bits per heavy atom. The van der Waals surface area contributed by atoms with E-state index in [4.69, 9.17) is 10.2 Å². The molecule has 3 N–H and O–H groups in total. The van der Waals surface area contributed by atoms with Crippen LogP contribution in [0.25, 0.3) is 11.5 Å². The Kier molecular flexibility index (Phi) is 5.78. The highest BCUT2D eigenvalue weighted by atomic mass is 79.9. The van der Waals surface area contributed by atoms with E-state index in [2.05, 4.69) is 31.4 Å². The molecule has 7 nitrogen and oxygen atoms in total. The van der Waals surface area contributed by atoms with Crippen LogP contribution in [0.1, 0.15) is 13.8 Å². The summed E-state index contributed by atoms with van der Waals surface area (Å²) in [4.78, 5) is 22.8. The van der Waals surface area contributed by atoms with Crippen molar-refractivity contribution in [3.63, 3.8) is 0 Å². The molecule has 1 aromatic carbocycles. The maximum absolute atomic E-state index is 12.0. The first-order chi connectivity index (χ1) is 10.9. The van der Waals surface area contributed by atoms with Gasteiger partial charge in [0.25, 0.3) is 5.22 Å². The number of aromatic nitrogens is 2. The van der Waals surface area contributed by atoms with Crippen molar-refractivity contribution in [1.29, 1.82) is 0 Å². The van der Waals surface area contributed by atoms with Gasteiger partial charge in [0, 0.05) is 10.0 Å². The van der Waals surface area contributed by atoms with E-state index in [1.165, 1.54) is 0 Å². The van der Waals surface area contributed by atoms with Gasteiger partial charge in [-0.25, -0.2) is 4.79 Å². The molecule has 0 radical (unpaired) electrons. The van der Waals surface area contributed by atoms with Gasteiger partial charge in [-0.2, -0.15) is 0 Å². The number of benzene rings is 1. The molecule has 0 spiro atoms. The first-order valence-corrected chi connectivity index (χ1v) is 8.40. The molecule has 0 fully saturated rings. The topological polar surface area (TPSA) is 111 Å². The molecule has 1 aromatic heterocycles. The number of hydrogen-bond donors (Lipinski definition) is 2. The molecule has 23 heavy (non-hydrogen) atoms. The van der Waals surface area contributed by atoms with Crippen LogP contribution in [0, 0.1) is 5.92 Å². The Bertz CT molecular complexity index is 720. The molecule has 9 heteroatoms. The molecule has 2 rings (SSSR count). The minimum atomic E-state index is -0.887. The van der Waals surface area contributed by atoms with Crippen LogP contribution < -0.4 is 11.1 Å². The molecule has 122 valence electrons. The van der Waals surface area contributed by atoms with Crippen molar-refractivity contribution in [3.05, 3.63) is 28.7 Å². The SMILES string of the molecule is CC(C)C(Sc1nnc(-c2cccc(Br)c2)o1)C(=O)NC(N)=O. The molecule has 0 aliphatic carbocycles. The number of carbonyl (C=O) groups is 2. The zero-order chi connectivity index (χ0) is 17.0. The molecule has 1 atom stereocenters. The molecule has 0 aliphatic rings. The number of carbonyl (C=O) groups excluding carboxylic acids is 2. The van der Waals surface area contributed by atoms with Crippen molar-refractivity contribution in [2.75, 3.05) is 0 Å². The quantitative estimate of drug-likeness (QED) is 0.748. The summed E-state index contributed by atoms with van der Waals surface area (Å²) in [7, 11) is 0. The Morgan fingerprint density at radius 1 is 1.35 bits per heavy atom. The average Bonchev–Trinajstić information content (AvgIpc) is 2.92. The zero-order valence-corrected chi connectivity index (χ0v) is 14.8. The van der Waals surface area contributed by atoms with Crippen molar-refractivity contribution in [1.82, 2.24) is 15.5 Å². The lowest BCUT2D eigenvalue weighted by atomic mass is 10.1. The minimum absolute atomic E-state index is 0.0550. The Labute approximate surface area is 145 Å². The number of hydrogen-bond acceptors (Lipinski definition) is 6. The Balaban J connectivity index is 2.16. The molecule has 2 aromatic rings.